The van der Waals surface area contributed by atoms with E-state index < -0.39 is 23.6 Å². The molecule has 0 aromatic heterocycles. The van der Waals surface area contributed by atoms with E-state index in [0.29, 0.717) is 15.6 Å². The van der Waals surface area contributed by atoms with Crippen LogP contribution in [0.3, 0.4) is 0 Å². The first kappa shape index (κ1) is 15.2. The highest BCUT2D eigenvalue weighted by Crippen LogP contribution is 2.27. The standard InChI is InChI=1S/C14H9Cl2F3O/c15-9-3-1-7(5-10(9)16)6-12(20)8-2-4-11(17)14(19)13(8)18/h1-5,12,20H,6H2. The fourth-order valence-corrected chi connectivity index (χ4v) is 2.12. The molecule has 20 heavy (non-hydrogen) atoms. The Morgan fingerprint density at radius 1 is 0.950 bits per heavy atom. The first-order chi connectivity index (χ1) is 9.40. The molecule has 0 amide bonds. The smallest absolute Gasteiger partial charge is 0.194 e. The van der Waals surface area contributed by atoms with Crippen molar-refractivity contribution < 1.29 is 18.3 Å². The zero-order valence-corrected chi connectivity index (χ0v) is 11.5. The highest BCUT2D eigenvalue weighted by atomic mass is 35.5. The molecule has 106 valence electrons. The SMILES string of the molecule is OC(Cc1ccc(Cl)c(Cl)c1)c1ccc(F)c(F)c1F. The van der Waals surface area contributed by atoms with Crippen LogP contribution in [0, 0.1) is 17.5 Å². The van der Waals surface area contributed by atoms with Crippen LogP contribution in [0.15, 0.2) is 30.3 Å². The zero-order valence-electron chi connectivity index (χ0n) is 10.0. The van der Waals surface area contributed by atoms with E-state index in [9.17, 15) is 18.3 Å². The van der Waals surface area contributed by atoms with Gasteiger partial charge in [0.2, 0.25) is 0 Å². The summed E-state index contributed by atoms with van der Waals surface area (Å²) in [5, 5.41) is 10.6. The van der Waals surface area contributed by atoms with Gasteiger partial charge in [0, 0.05) is 12.0 Å². The predicted molar refractivity (Wildman–Crippen MR) is 71.4 cm³/mol. The van der Waals surface area contributed by atoms with Gasteiger partial charge < -0.3 is 5.11 Å². The van der Waals surface area contributed by atoms with Gasteiger partial charge in [-0.25, -0.2) is 13.2 Å². The number of hydrogen-bond donors (Lipinski definition) is 1. The van der Waals surface area contributed by atoms with Crippen molar-refractivity contribution in [3.05, 3.63) is 69.0 Å². The molecule has 0 spiro atoms. The Morgan fingerprint density at radius 3 is 2.30 bits per heavy atom. The lowest BCUT2D eigenvalue weighted by Gasteiger charge is -2.13. The Bertz CT molecular complexity index is 647. The molecule has 6 heteroatoms. The second kappa shape index (κ2) is 6.04. The van der Waals surface area contributed by atoms with Crippen molar-refractivity contribution in [2.24, 2.45) is 0 Å². The topological polar surface area (TPSA) is 20.2 Å². The largest absolute Gasteiger partial charge is 0.388 e. The number of halogens is 5. The molecular formula is C14H9Cl2F3O. The van der Waals surface area contributed by atoms with Gasteiger partial charge in [0.25, 0.3) is 0 Å². The fourth-order valence-electron chi connectivity index (χ4n) is 1.80. The average molecular weight is 321 g/mol. The molecule has 1 unspecified atom stereocenters. The third kappa shape index (κ3) is 3.08. The molecule has 1 nitrogen and oxygen atoms in total. The third-order valence-corrected chi connectivity index (χ3v) is 3.58. The predicted octanol–water partition coefficient (Wildman–Crippen LogP) is 4.69. The van der Waals surface area contributed by atoms with Crippen LogP contribution in [0.5, 0.6) is 0 Å². The Balaban J connectivity index is 2.26. The van der Waals surface area contributed by atoms with E-state index in [0.717, 1.165) is 12.1 Å². The molecule has 1 N–H and O–H groups in total. The summed E-state index contributed by atoms with van der Waals surface area (Å²) in [6, 6.07) is 6.44. The molecule has 0 fully saturated rings. The van der Waals surface area contributed by atoms with Crippen LogP contribution in [-0.4, -0.2) is 5.11 Å². The molecule has 2 rings (SSSR count). The van der Waals surface area contributed by atoms with Crippen molar-refractivity contribution in [1.82, 2.24) is 0 Å². The van der Waals surface area contributed by atoms with Gasteiger partial charge in [-0.2, -0.15) is 0 Å². The quantitative estimate of drug-likeness (QED) is 0.814. The van der Waals surface area contributed by atoms with Crippen molar-refractivity contribution >= 4 is 23.2 Å². The molecule has 1 atom stereocenters. The molecule has 0 saturated heterocycles. The highest BCUT2D eigenvalue weighted by molar-refractivity contribution is 6.42. The summed E-state index contributed by atoms with van der Waals surface area (Å²) in [5.74, 6) is -4.29. The molecule has 2 aromatic carbocycles. The van der Waals surface area contributed by atoms with Crippen LogP contribution in [0.25, 0.3) is 0 Å². The van der Waals surface area contributed by atoms with Crippen molar-refractivity contribution in [3.8, 4) is 0 Å². The Hall–Kier alpha value is -1.23. The highest BCUT2D eigenvalue weighted by Gasteiger charge is 2.19. The summed E-state index contributed by atoms with van der Waals surface area (Å²) in [7, 11) is 0. The minimum absolute atomic E-state index is 0.00111. The summed E-state index contributed by atoms with van der Waals surface area (Å²) in [6.07, 6.45) is -1.32. The minimum atomic E-state index is -1.60. The zero-order chi connectivity index (χ0) is 14.9. The summed E-state index contributed by atoms with van der Waals surface area (Å²) in [5.41, 5.74) is 0.283. The molecule has 0 saturated carbocycles. The fraction of sp³-hybridized carbons (Fsp3) is 0.143. The van der Waals surface area contributed by atoms with Gasteiger partial charge in [0.15, 0.2) is 17.5 Å². The Kier molecular flexibility index (Phi) is 4.58. The van der Waals surface area contributed by atoms with Crippen LogP contribution in [0.1, 0.15) is 17.2 Å². The van der Waals surface area contributed by atoms with Crippen molar-refractivity contribution in [3.63, 3.8) is 0 Å². The Morgan fingerprint density at radius 2 is 1.65 bits per heavy atom. The van der Waals surface area contributed by atoms with E-state index in [-0.39, 0.29) is 12.0 Å². The molecule has 0 aliphatic carbocycles. The van der Waals surface area contributed by atoms with Crippen LogP contribution >= 0.6 is 23.2 Å². The van der Waals surface area contributed by atoms with Gasteiger partial charge in [0.05, 0.1) is 16.1 Å². The lowest BCUT2D eigenvalue weighted by molar-refractivity contribution is 0.172. The first-order valence-electron chi connectivity index (χ1n) is 5.65. The lowest BCUT2D eigenvalue weighted by atomic mass is 10.0. The maximum atomic E-state index is 13.5. The van der Waals surface area contributed by atoms with Gasteiger partial charge in [-0.3, -0.25) is 0 Å². The maximum absolute atomic E-state index is 13.5. The normalized spacial score (nSPS) is 12.5. The van der Waals surface area contributed by atoms with Crippen LogP contribution in [0.2, 0.25) is 10.0 Å². The average Bonchev–Trinajstić information content (AvgIpc) is 2.40. The number of hydrogen-bond acceptors (Lipinski definition) is 1. The van der Waals surface area contributed by atoms with Gasteiger partial charge in [-0.1, -0.05) is 35.3 Å². The third-order valence-electron chi connectivity index (χ3n) is 2.84. The molecule has 0 aliphatic rings. The second-order valence-corrected chi connectivity index (χ2v) is 5.05. The second-order valence-electron chi connectivity index (χ2n) is 4.23. The lowest BCUT2D eigenvalue weighted by Crippen LogP contribution is -2.07. The number of aliphatic hydroxyl groups excluding tert-OH is 1. The van der Waals surface area contributed by atoms with Crippen LogP contribution in [-0.2, 0) is 6.42 Å². The molecule has 0 heterocycles. The summed E-state index contributed by atoms with van der Waals surface area (Å²) < 4.78 is 39.5. The van der Waals surface area contributed by atoms with Gasteiger partial charge in [-0.15, -0.1) is 0 Å². The molecule has 0 aliphatic heterocycles. The molecular weight excluding hydrogens is 312 g/mol. The maximum Gasteiger partial charge on any atom is 0.194 e. The van der Waals surface area contributed by atoms with E-state index >= 15 is 0 Å². The number of benzene rings is 2. The monoisotopic (exact) mass is 320 g/mol. The van der Waals surface area contributed by atoms with Gasteiger partial charge >= 0.3 is 0 Å². The van der Waals surface area contributed by atoms with Crippen molar-refractivity contribution in [1.29, 1.82) is 0 Å². The summed E-state index contributed by atoms with van der Waals surface area (Å²) >= 11 is 11.6. The molecule has 0 radical (unpaired) electrons. The van der Waals surface area contributed by atoms with E-state index in [1.165, 1.54) is 12.1 Å². The van der Waals surface area contributed by atoms with E-state index in [2.05, 4.69) is 0 Å². The van der Waals surface area contributed by atoms with Crippen LogP contribution < -0.4 is 0 Å². The van der Waals surface area contributed by atoms with E-state index in [4.69, 9.17) is 23.2 Å². The summed E-state index contributed by atoms with van der Waals surface area (Å²) in [4.78, 5) is 0. The first-order valence-corrected chi connectivity index (χ1v) is 6.41. The molecule has 2 aromatic rings. The van der Waals surface area contributed by atoms with Crippen LogP contribution in [0.4, 0.5) is 13.2 Å². The number of rotatable bonds is 3. The summed E-state index contributed by atoms with van der Waals surface area (Å²) in [6.45, 7) is 0. The van der Waals surface area contributed by atoms with Crippen molar-refractivity contribution in [2.75, 3.05) is 0 Å². The van der Waals surface area contributed by atoms with Gasteiger partial charge in [-0.05, 0) is 23.8 Å². The van der Waals surface area contributed by atoms with Crippen molar-refractivity contribution in [2.45, 2.75) is 12.5 Å². The Labute approximate surface area is 123 Å². The molecule has 0 bridgehead atoms. The van der Waals surface area contributed by atoms with Gasteiger partial charge in [0.1, 0.15) is 0 Å². The van der Waals surface area contributed by atoms with E-state index in [1.807, 2.05) is 0 Å². The number of aliphatic hydroxyl groups is 1. The van der Waals surface area contributed by atoms with E-state index in [1.54, 1.807) is 6.07 Å². The minimum Gasteiger partial charge on any atom is -0.388 e.